The third kappa shape index (κ3) is 4.97. The maximum absolute atomic E-state index is 11.7. The lowest BCUT2D eigenvalue weighted by atomic mass is 9.87. The lowest BCUT2D eigenvalue weighted by Crippen LogP contribution is -2.33. The highest BCUT2D eigenvalue weighted by molar-refractivity contribution is 5.69. The predicted molar refractivity (Wildman–Crippen MR) is 72.4 cm³/mol. The molecule has 1 heterocycles. The van der Waals surface area contributed by atoms with E-state index >= 15 is 0 Å². The molecule has 0 radical (unpaired) electrons. The van der Waals surface area contributed by atoms with Crippen molar-refractivity contribution >= 4 is 5.97 Å². The highest BCUT2D eigenvalue weighted by Crippen LogP contribution is 2.26. The van der Waals surface area contributed by atoms with Crippen LogP contribution in [-0.2, 0) is 9.53 Å². The first kappa shape index (κ1) is 13.9. The Morgan fingerprint density at radius 2 is 1.67 bits per heavy atom. The first-order valence-electron chi connectivity index (χ1n) is 7.72. The van der Waals surface area contributed by atoms with E-state index in [-0.39, 0.29) is 5.97 Å². The van der Waals surface area contributed by atoms with E-state index in [0.717, 1.165) is 6.54 Å². The van der Waals surface area contributed by atoms with Gasteiger partial charge in [-0.2, -0.15) is 0 Å². The number of nitrogens with zero attached hydrogens (tertiary/aromatic N) is 1. The van der Waals surface area contributed by atoms with Gasteiger partial charge < -0.3 is 4.74 Å². The monoisotopic (exact) mass is 253 g/mol. The summed E-state index contributed by atoms with van der Waals surface area (Å²) in [4.78, 5) is 14.1. The molecule has 0 atom stereocenters. The van der Waals surface area contributed by atoms with Gasteiger partial charge in [0, 0.05) is 13.0 Å². The van der Waals surface area contributed by atoms with Gasteiger partial charge in [0.05, 0.1) is 0 Å². The van der Waals surface area contributed by atoms with Crippen molar-refractivity contribution in [3.05, 3.63) is 0 Å². The van der Waals surface area contributed by atoms with Crippen molar-refractivity contribution in [1.82, 2.24) is 4.90 Å². The quantitative estimate of drug-likeness (QED) is 0.705. The molecule has 0 N–H and O–H groups in total. The Bertz CT molecular complexity index is 243. The average Bonchev–Trinajstić information content (AvgIpc) is 2.41. The lowest BCUT2D eigenvalue weighted by molar-refractivity contribution is -0.145. The Hall–Kier alpha value is -0.570. The second-order valence-electron chi connectivity index (χ2n) is 5.83. The number of ether oxygens (including phenoxy) is 1. The number of piperidine rings is 1. The van der Waals surface area contributed by atoms with Crippen molar-refractivity contribution < 1.29 is 9.53 Å². The molecule has 1 aliphatic carbocycles. The molecule has 1 saturated heterocycles. The molecule has 18 heavy (non-hydrogen) atoms. The van der Waals surface area contributed by atoms with Crippen LogP contribution in [0, 0.1) is 5.92 Å². The molecule has 2 aliphatic rings. The Morgan fingerprint density at radius 1 is 1.00 bits per heavy atom. The average molecular weight is 253 g/mol. The third-order valence-electron chi connectivity index (χ3n) is 4.30. The van der Waals surface area contributed by atoms with Crippen molar-refractivity contribution in [1.29, 1.82) is 0 Å². The fourth-order valence-corrected chi connectivity index (χ4v) is 3.16. The zero-order valence-electron chi connectivity index (χ0n) is 11.5. The lowest BCUT2D eigenvalue weighted by Gasteiger charge is -2.26. The Balaban J connectivity index is 1.53. The van der Waals surface area contributed by atoms with Gasteiger partial charge in [0.15, 0.2) is 0 Å². The smallest absolute Gasteiger partial charge is 0.306 e. The van der Waals surface area contributed by atoms with Crippen LogP contribution < -0.4 is 0 Å². The van der Waals surface area contributed by atoms with Gasteiger partial charge in [-0.1, -0.05) is 25.7 Å². The summed E-state index contributed by atoms with van der Waals surface area (Å²) in [6.45, 7) is 3.88. The highest BCUT2D eigenvalue weighted by atomic mass is 16.5. The van der Waals surface area contributed by atoms with Crippen LogP contribution in [0.1, 0.15) is 57.8 Å². The Morgan fingerprint density at radius 3 is 2.39 bits per heavy atom. The topological polar surface area (TPSA) is 29.5 Å². The molecule has 0 spiro atoms. The van der Waals surface area contributed by atoms with E-state index in [2.05, 4.69) is 4.90 Å². The van der Waals surface area contributed by atoms with E-state index < -0.39 is 0 Å². The second kappa shape index (κ2) is 7.78. The number of carbonyl (C=O) groups is 1. The third-order valence-corrected chi connectivity index (χ3v) is 4.30. The van der Waals surface area contributed by atoms with E-state index in [1.54, 1.807) is 0 Å². The second-order valence-corrected chi connectivity index (χ2v) is 5.83. The van der Waals surface area contributed by atoms with Crippen LogP contribution in [0.15, 0.2) is 0 Å². The van der Waals surface area contributed by atoms with Gasteiger partial charge in [-0.05, 0) is 44.7 Å². The molecular formula is C15H27NO2. The molecule has 1 saturated carbocycles. The van der Waals surface area contributed by atoms with Crippen molar-refractivity contribution in [3.63, 3.8) is 0 Å². The number of hydrogen-bond donors (Lipinski definition) is 0. The van der Waals surface area contributed by atoms with Crippen molar-refractivity contribution in [2.24, 2.45) is 5.92 Å². The first-order valence-corrected chi connectivity index (χ1v) is 7.72. The summed E-state index contributed by atoms with van der Waals surface area (Å²) in [5.41, 5.74) is 0. The zero-order chi connectivity index (χ0) is 12.6. The predicted octanol–water partition coefficient (Wildman–Crippen LogP) is 2.99. The van der Waals surface area contributed by atoms with Gasteiger partial charge in [-0.25, -0.2) is 0 Å². The largest absolute Gasteiger partial charge is 0.464 e. The maximum Gasteiger partial charge on any atom is 0.306 e. The van der Waals surface area contributed by atoms with Gasteiger partial charge in [0.1, 0.15) is 6.61 Å². The fraction of sp³-hybridized carbons (Fsp3) is 0.933. The minimum Gasteiger partial charge on any atom is -0.464 e. The van der Waals surface area contributed by atoms with Crippen LogP contribution in [0.5, 0.6) is 0 Å². The number of rotatable bonds is 5. The molecule has 3 heteroatoms. The molecule has 104 valence electrons. The van der Waals surface area contributed by atoms with Crippen LogP contribution in [-0.4, -0.2) is 37.1 Å². The minimum absolute atomic E-state index is 0.0268. The molecule has 0 bridgehead atoms. The number of hydrogen-bond acceptors (Lipinski definition) is 3. The summed E-state index contributed by atoms with van der Waals surface area (Å²) in [5, 5.41) is 0. The van der Waals surface area contributed by atoms with Crippen LogP contribution in [0.4, 0.5) is 0 Å². The number of likely N-dealkylation sites (tertiary alicyclic amines) is 1. The van der Waals surface area contributed by atoms with Crippen LogP contribution in [0.25, 0.3) is 0 Å². The molecule has 1 aliphatic heterocycles. The molecule has 0 aromatic carbocycles. The van der Waals surface area contributed by atoms with E-state index in [9.17, 15) is 4.79 Å². The Kier molecular flexibility index (Phi) is 5.98. The number of carbonyl (C=O) groups excluding carboxylic acids is 1. The molecule has 2 rings (SSSR count). The van der Waals surface area contributed by atoms with Gasteiger partial charge in [-0.15, -0.1) is 0 Å². The number of esters is 1. The minimum atomic E-state index is 0.0268. The molecule has 0 aromatic rings. The summed E-state index contributed by atoms with van der Waals surface area (Å²) in [7, 11) is 0. The summed E-state index contributed by atoms with van der Waals surface area (Å²) < 4.78 is 5.37. The Labute approximate surface area is 111 Å². The van der Waals surface area contributed by atoms with E-state index in [1.807, 2.05) is 0 Å². The molecule has 0 amide bonds. The van der Waals surface area contributed by atoms with E-state index in [1.165, 1.54) is 64.5 Å². The van der Waals surface area contributed by atoms with Crippen LogP contribution in [0.3, 0.4) is 0 Å². The van der Waals surface area contributed by atoms with E-state index in [4.69, 9.17) is 4.74 Å². The first-order chi connectivity index (χ1) is 8.84. The van der Waals surface area contributed by atoms with Crippen LogP contribution >= 0.6 is 0 Å². The van der Waals surface area contributed by atoms with Crippen molar-refractivity contribution in [3.8, 4) is 0 Å². The molecule has 0 unspecified atom stereocenters. The fourth-order valence-electron chi connectivity index (χ4n) is 3.16. The molecule has 3 nitrogen and oxygen atoms in total. The van der Waals surface area contributed by atoms with Crippen molar-refractivity contribution in [2.45, 2.75) is 57.8 Å². The molecular weight excluding hydrogens is 226 g/mol. The van der Waals surface area contributed by atoms with Gasteiger partial charge in [0.2, 0.25) is 0 Å². The normalized spacial score (nSPS) is 22.9. The molecule has 0 aromatic heterocycles. The summed E-state index contributed by atoms with van der Waals surface area (Å²) >= 11 is 0. The summed E-state index contributed by atoms with van der Waals surface area (Å²) in [6.07, 6.45) is 11.0. The van der Waals surface area contributed by atoms with Crippen LogP contribution in [0.2, 0.25) is 0 Å². The zero-order valence-corrected chi connectivity index (χ0v) is 11.5. The summed E-state index contributed by atoms with van der Waals surface area (Å²) in [5.74, 6) is 0.625. The maximum atomic E-state index is 11.7. The standard InChI is InChI=1S/C15H27NO2/c17-15(13-14-7-3-1-4-8-14)18-12-11-16-9-5-2-6-10-16/h14H,1-13H2. The molecule has 2 fully saturated rings. The van der Waals surface area contributed by atoms with Gasteiger partial charge in [0.25, 0.3) is 0 Å². The van der Waals surface area contributed by atoms with E-state index in [0.29, 0.717) is 18.9 Å². The van der Waals surface area contributed by atoms with Crippen molar-refractivity contribution in [2.75, 3.05) is 26.2 Å². The summed E-state index contributed by atoms with van der Waals surface area (Å²) in [6, 6.07) is 0. The van der Waals surface area contributed by atoms with Gasteiger partial charge >= 0.3 is 5.97 Å². The SMILES string of the molecule is O=C(CC1CCCCC1)OCCN1CCCCC1. The highest BCUT2D eigenvalue weighted by Gasteiger charge is 2.18. The van der Waals surface area contributed by atoms with Gasteiger partial charge in [-0.3, -0.25) is 9.69 Å².